The minimum Gasteiger partial charge on any atom is -0.305 e. The Labute approximate surface area is 63.2 Å². The molecule has 2 fully saturated rings. The molecule has 1 saturated carbocycles. The molecule has 1 N–H and O–H groups in total. The topological polar surface area (TPSA) is 21.9 Å². The normalized spacial score (nSPS) is 37.5. The quantitative estimate of drug-likeness (QED) is 0.510. The summed E-state index contributed by atoms with van der Waals surface area (Å²) in [5.74, 6) is 0. The standard InChI is InChI=1S/C9H17N/c1-8-9(10-8)6-4-2-3-5-7-9/h8,10H,2-7H2,1H3. The van der Waals surface area contributed by atoms with Crippen molar-refractivity contribution in [1.29, 1.82) is 0 Å². The number of nitrogens with one attached hydrogen (secondary N) is 1. The highest BCUT2D eigenvalue weighted by molar-refractivity contribution is 5.11. The molecule has 0 aromatic carbocycles. The lowest BCUT2D eigenvalue weighted by Crippen LogP contribution is -2.14. The molecule has 58 valence electrons. The third-order valence-corrected chi connectivity index (χ3v) is 3.25. The van der Waals surface area contributed by atoms with E-state index in [9.17, 15) is 0 Å². The Morgan fingerprint density at radius 2 is 1.60 bits per heavy atom. The van der Waals surface area contributed by atoms with Crippen LogP contribution in [0.3, 0.4) is 0 Å². The summed E-state index contributed by atoms with van der Waals surface area (Å²) in [6.07, 6.45) is 8.73. The highest BCUT2D eigenvalue weighted by Gasteiger charge is 2.49. The third-order valence-electron chi connectivity index (χ3n) is 3.25. The summed E-state index contributed by atoms with van der Waals surface area (Å²) in [6, 6.07) is 0.825. The first-order chi connectivity index (χ1) is 4.83. The molecule has 1 aliphatic heterocycles. The fourth-order valence-electron chi connectivity index (χ4n) is 2.33. The second-order valence-electron chi connectivity index (χ2n) is 3.94. The van der Waals surface area contributed by atoms with Crippen molar-refractivity contribution in [2.75, 3.05) is 0 Å². The Balaban J connectivity index is 1.95. The maximum atomic E-state index is 3.59. The Hall–Kier alpha value is -0.0400. The van der Waals surface area contributed by atoms with E-state index in [-0.39, 0.29) is 0 Å². The van der Waals surface area contributed by atoms with Crippen LogP contribution in [0.2, 0.25) is 0 Å². The lowest BCUT2D eigenvalue weighted by Gasteiger charge is -2.08. The summed E-state index contributed by atoms with van der Waals surface area (Å²) < 4.78 is 0. The van der Waals surface area contributed by atoms with Crippen LogP contribution in [-0.2, 0) is 0 Å². The minimum absolute atomic E-state index is 0.622. The predicted octanol–water partition coefficient (Wildman–Crippen LogP) is 2.07. The van der Waals surface area contributed by atoms with E-state index in [4.69, 9.17) is 0 Å². The summed E-state index contributed by atoms with van der Waals surface area (Å²) in [4.78, 5) is 0. The Bertz CT molecular complexity index is 123. The number of rotatable bonds is 0. The predicted molar refractivity (Wildman–Crippen MR) is 43.0 cm³/mol. The zero-order chi connectivity index (χ0) is 7.03. The highest BCUT2D eigenvalue weighted by Crippen LogP contribution is 2.39. The molecule has 2 rings (SSSR count). The van der Waals surface area contributed by atoms with E-state index >= 15 is 0 Å². The second-order valence-corrected chi connectivity index (χ2v) is 3.94. The lowest BCUT2D eigenvalue weighted by molar-refractivity contribution is 0.525. The van der Waals surface area contributed by atoms with Crippen molar-refractivity contribution in [3.8, 4) is 0 Å². The van der Waals surface area contributed by atoms with Crippen LogP contribution in [0.25, 0.3) is 0 Å². The number of hydrogen-bond donors (Lipinski definition) is 1. The minimum atomic E-state index is 0.622. The zero-order valence-corrected chi connectivity index (χ0v) is 6.82. The van der Waals surface area contributed by atoms with Crippen LogP contribution in [0.1, 0.15) is 45.4 Å². The largest absolute Gasteiger partial charge is 0.305 e. The Morgan fingerprint density at radius 3 is 2.00 bits per heavy atom. The first-order valence-corrected chi connectivity index (χ1v) is 4.61. The molecular formula is C9H17N. The van der Waals surface area contributed by atoms with Crippen LogP contribution in [0.4, 0.5) is 0 Å². The van der Waals surface area contributed by atoms with E-state index in [2.05, 4.69) is 12.2 Å². The molecule has 1 spiro atoms. The van der Waals surface area contributed by atoms with Crippen LogP contribution in [-0.4, -0.2) is 11.6 Å². The van der Waals surface area contributed by atoms with Crippen molar-refractivity contribution in [2.24, 2.45) is 0 Å². The van der Waals surface area contributed by atoms with E-state index in [1.54, 1.807) is 0 Å². The highest BCUT2D eigenvalue weighted by atomic mass is 15.2. The Kier molecular flexibility index (Phi) is 1.48. The van der Waals surface area contributed by atoms with Gasteiger partial charge in [-0.15, -0.1) is 0 Å². The van der Waals surface area contributed by atoms with E-state index < -0.39 is 0 Å². The molecule has 1 heteroatoms. The van der Waals surface area contributed by atoms with Gasteiger partial charge < -0.3 is 5.32 Å². The fourth-order valence-corrected chi connectivity index (χ4v) is 2.33. The van der Waals surface area contributed by atoms with E-state index in [1.807, 2.05) is 0 Å². The van der Waals surface area contributed by atoms with Gasteiger partial charge in [-0.1, -0.05) is 25.7 Å². The molecule has 2 aliphatic rings. The molecule has 0 aromatic rings. The smallest absolute Gasteiger partial charge is 0.0335 e. The first-order valence-electron chi connectivity index (χ1n) is 4.61. The maximum Gasteiger partial charge on any atom is 0.0335 e. The van der Waals surface area contributed by atoms with Crippen LogP contribution in [0.5, 0.6) is 0 Å². The van der Waals surface area contributed by atoms with Gasteiger partial charge >= 0.3 is 0 Å². The summed E-state index contributed by atoms with van der Waals surface area (Å²) in [7, 11) is 0. The zero-order valence-electron chi connectivity index (χ0n) is 6.82. The summed E-state index contributed by atoms with van der Waals surface area (Å²) in [6.45, 7) is 2.32. The molecule has 0 bridgehead atoms. The summed E-state index contributed by atoms with van der Waals surface area (Å²) in [5.41, 5.74) is 0.622. The van der Waals surface area contributed by atoms with Crippen molar-refractivity contribution in [3.63, 3.8) is 0 Å². The molecule has 0 radical (unpaired) electrons. The molecule has 1 unspecified atom stereocenters. The summed E-state index contributed by atoms with van der Waals surface area (Å²) >= 11 is 0. The van der Waals surface area contributed by atoms with Gasteiger partial charge in [-0.05, 0) is 19.8 Å². The fraction of sp³-hybridized carbons (Fsp3) is 1.00. The van der Waals surface area contributed by atoms with Crippen molar-refractivity contribution in [2.45, 2.75) is 57.0 Å². The first kappa shape index (κ1) is 6.66. The molecule has 1 saturated heterocycles. The molecule has 0 aromatic heterocycles. The van der Waals surface area contributed by atoms with Gasteiger partial charge in [0.1, 0.15) is 0 Å². The molecule has 1 nitrogen and oxygen atoms in total. The van der Waals surface area contributed by atoms with Gasteiger partial charge in [0, 0.05) is 11.6 Å². The van der Waals surface area contributed by atoms with Crippen molar-refractivity contribution >= 4 is 0 Å². The van der Waals surface area contributed by atoms with Crippen LogP contribution >= 0.6 is 0 Å². The maximum absolute atomic E-state index is 3.59. The van der Waals surface area contributed by atoms with Gasteiger partial charge in [-0.25, -0.2) is 0 Å². The van der Waals surface area contributed by atoms with E-state index in [1.165, 1.54) is 38.5 Å². The van der Waals surface area contributed by atoms with Crippen molar-refractivity contribution in [3.05, 3.63) is 0 Å². The molecule has 10 heavy (non-hydrogen) atoms. The molecular weight excluding hydrogens is 122 g/mol. The summed E-state index contributed by atoms with van der Waals surface area (Å²) in [5, 5.41) is 3.59. The van der Waals surface area contributed by atoms with Gasteiger partial charge in [0.15, 0.2) is 0 Å². The van der Waals surface area contributed by atoms with Gasteiger partial charge in [0.2, 0.25) is 0 Å². The van der Waals surface area contributed by atoms with E-state index in [0.717, 1.165) is 6.04 Å². The van der Waals surface area contributed by atoms with Gasteiger partial charge in [-0.2, -0.15) is 0 Å². The lowest BCUT2D eigenvalue weighted by atomic mass is 9.97. The monoisotopic (exact) mass is 139 g/mol. The van der Waals surface area contributed by atoms with Crippen LogP contribution in [0.15, 0.2) is 0 Å². The van der Waals surface area contributed by atoms with E-state index in [0.29, 0.717) is 5.54 Å². The Morgan fingerprint density at radius 1 is 1.10 bits per heavy atom. The molecule has 1 atom stereocenters. The third kappa shape index (κ3) is 0.968. The molecule has 1 aliphatic carbocycles. The van der Waals surface area contributed by atoms with Gasteiger partial charge in [0.05, 0.1) is 0 Å². The second kappa shape index (κ2) is 2.23. The average Bonchev–Trinajstić information content (AvgIpc) is 2.60. The average molecular weight is 139 g/mol. The van der Waals surface area contributed by atoms with Crippen molar-refractivity contribution < 1.29 is 0 Å². The van der Waals surface area contributed by atoms with Crippen LogP contribution < -0.4 is 5.32 Å². The SMILES string of the molecule is CC1NC12CCCCCC2. The number of hydrogen-bond acceptors (Lipinski definition) is 1. The molecule has 0 amide bonds. The van der Waals surface area contributed by atoms with Gasteiger partial charge in [-0.3, -0.25) is 0 Å². The molecule has 1 heterocycles. The van der Waals surface area contributed by atoms with Crippen molar-refractivity contribution in [1.82, 2.24) is 5.32 Å². The van der Waals surface area contributed by atoms with Gasteiger partial charge in [0.25, 0.3) is 0 Å². The van der Waals surface area contributed by atoms with Crippen LogP contribution in [0, 0.1) is 0 Å².